The van der Waals surface area contributed by atoms with E-state index in [1.807, 2.05) is 24.4 Å². The van der Waals surface area contributed by atoms with Crippen LogP contribution in [0.4, 0.5) is 0 Å². The second-order valence-electron chi connectivity index (χ2n) is 5.39. The molecule has 4 nitrogen and oxygen atoms in total. The molecular formula is C17H18N2O2. The first-order valence-electron chi connectivity index (χ1n) is 7.19. The molecule has 0 spiro atoms. The van der Waals surface area contributed by atoms with Crippen molar-refractivity contribution in [3.63, 3.8) is 0 Å². The highest BCUT2D eigenvalue weighted by Crippen LogP contribution is 2.22. The van der Waals surface area contributed by atoms with Gasteiger partial charge in [0.1, 0.15) is 0 Å². The maximum absolute atomic E-state index is 11.2. The van der Waals surface area contributed by atoms with E-state index < -0.39 is 5.97 Å². The van der Waals surface area contributed by atoms with Crippen LogP contribution < -0.4 is 0 Å². The molecule has 1 aliphatic rings. The van der Waals surface area contributed by atoms with Gasteiger partial charge in [0.25, 0.3) is 0 Å². The predicted octanol–water partition coefficient (Wildman–Crippen LogP) is 2.38. The lowest BCUT2D eigenvalue weighted by Crippen LogP contribution is -2.33. The van der Waals surface area contributed by atoms with Crippen LogP contribution in [-0.2, 0) is 19.4 Å². The summed E-state index contributed by atoms with van der Waals surface area (Å²) in [5.41, 5.74) is 3.84. The highest BCUT2D eigenvalue weighted by molar-refractivity contribution is 5.89. The van der Waals surface area contributed by atoms with Gasteiger partial charge < -0.3 is 5.11 Å². The van der Waals surface area contributed by atoms with Crippen LogP contribution in [0.2, 0.25) is 0 Å². The van der Waals surface area contributed by atoms with Crippen molar-refractivity contribution < 1.29 is 9.90 Å². The van der Waals surface area contributed by atoms with Crippen LogP contribution in [0.3, 0.4) is 0 Å². The summed E-state index contributed by atoms with van der Waals surface area (Å²) in [5, 5.41) is 9.24. The molecule has 0 saturated heterocycles. The summed E-state index contributed by atoms with van der Waals surface area (Å²) in [6, 6.07) is 9.63. The van der Waals surface area contributed by atoms with Gasteiger partial charge in [-0.3, -0.25) is 9.88 Å². The third-order valence-electron chi connectivity index (χ3n) is 4.01. The third-order valence-corrected chi connectivity index (χ3v) is 4.01. The van der Waals surface area contributed by atoms with Crippen molar-refractivity contribution >= 4 is 5.97 Å². The second-order valence-corrected chi connectivity index (χ2v) is 5.39. The number of fused-ring (bicyclic) bond motifs is 1. The molecule has 1 aromatic carbocycles. The summed E-state index contributed by atoms with van der Waals surface area (Å²) in [6.07, 6.45) is 5.47. The molecule has 0 fully saturated rings. The quantitative estimate of drug-likeness (QED) is 0.935. The molecule has 2 heterocycles. The Labute approximate surface area is 124 Å². The van der Waals surface area contributed by atoms with Crippen molar-refractivity contribution in [2.24, 2.45) is 0 Å². The van der Waals surface area contributed by atoms with Crippen LogP contribution in [-0.4, -0.2) is 34.0 Å². The van der Waals surface area contributed by atoms with E-state index in [0.29, 0.717) is 5.56 Å². The lowest BCUT2D eigenvalue weighted by Gasteiger charge is -2.29. The molecule has 1 N–H and O–H groups in total. The number of hydrogen-bond acceptors (Lipinski definition) is 3. The number of hydrogen-bond donors (Lipinski definition) is 1. The number of rotatable bonds is 4. The Morgan fingerprint density at radius 3 is 2.95 bits per heavy atom. The summed E-state index contributed by atoms with van der Waals surface area (Å²) in [5.74, 6) is -0.823. The Morgan fingerprint density at radius 1 is 1.29 bits per heavy atom. The van der Waals surface area contributed by atoms with Gasteiger partial charge in [0, 0.05) is 32.0 Å². The van der Waals surface area contributed by atoms with Gasteiger partial charge in [-0.15, -0.1) is 0 Å². The number of carboxylic acids is 1. The number of carboxylic acid groups (broad SMARTS) is 1. The van der Waals surface area contributed by atoms with Crippen molar-refractivity contribution in [3.05, 3.63) is 65.0 Å². The van der Waals surface area contributed by atoms with Crippen LogP contribution in [0.15, 0.2) is 42.7 Å². The molecular weight excluding hydrogens is 264 g/mol. The standard InChI is InChI=1S/C17H18N2O2/c20-17(21)16-5-1-4-14-12-19(10-7-15(14)16)9-6-13-3-2-8-18-11-13/h1-5,8,11H,6-7,9-10,12H2,(H,20,21). The van der Waals surface area contributed by atoms with Gasteiger partial charge in [-0.05, 0) is 41.7 Å². The van der Waals surface area contributed by atoms with E-state index in [-0.39, 0.29) is 0 Å². The van der Waals surface area contributed by atoms with E-state index in [9.17, 15) is 9.90 Å². The average Bonchev–Trinajstić information content (AvgIpc) is 2.53. The molecule has 0 radical (unpaired) electrons. The SMILES string of the molecule is O=C(O)c1cccc2c1CCN(CCc1cccnc1)C2. The van der Waals surface area contributed by atoms with E-state index in [1.165, 1.54) is 5.56 Å². The molecule has 0 saturated carbocycles. The normalized spacial score (nSPS) is 14.7. The smallest absolute Gasteiger partial charge is 0.335 e. The molecule has 0 amide bonds. The highest BCUT2D eigenvalue weighted by Gasteiger charge is 2.20. The zero-order valence-electron chi connectivity index (χ0n) is 11.8. The summed E-state index contributed by atoms with van der Waals surface area (Å²) in [4.78, 5) is 17.8. The summed E-state index contributed by atoms with van der Waals surface area (Å²) in [6.45, 7) is 2.72. The van der Waals surface area contributed by atoms with Gasteiger partial charge in [-0.1, -0.05) is 18.2 Å². The molecule has 108 valence electrons. The number of benzene rings is 1. The fourth-order valence-corrected chi connectivity index (χ4v) is 2.89. The van der Waals surface area contributed by atoms with Crippen LogP contribution in [0, 0.1) is 0 Å². The van der Waals surface area contributed by atoms with Crippen molar-refractivity contribution in [1.29, 1.82) is 0 Å². The largest absolute Gasteiger partial charge is 0.478 e. The van der Waals surface area contributed by atoms with E-state index in [1.54, 1.807) is 12.3 Å². The molecule has 0 unspecified atom stereocenters. The van der Waals surface area contributed by atoms with Gasteiger partial charge in [0.2, 0.25) is 0 Å². The minimum atomic E-state index is -0.823. The zero-order chi connectivity index (χ0) is 14.7. The predicted molar refractivity (Wildman–Crippen MR) is 80.3 cm³/mol. The van der Waals surface area contributed by atoms with Crippen LogP contribution in [0.5, 0.6) is 0 Å². The van der Waals surface area contributed by atoms with Gasteiger partial charge in [-0.2, -0.15) is 0 Å². The van der Waals surface area contributed by atoms with Crippen molar-refractivity contribution in [1.82, 2.24) is 9.88 Å². The van der Waals surface area contributed by atoms with E-state index in [0.717, 1.165) is 43.6 Å². The number of pyridine rings is 1. The van der Waals surface area contributed by atoms with Crippen LogP contribution >= 0.6 is 0 Å². The van der Waals surface area contributed by atoms with Crippen LogP contribution in [0.25, 0.3) is 0 Å². The molecule has 1 aromatic heterocycles. The Balaban J connectivity index is 1.68. The number of carbonyl (C=O) groups is 1. The first-order valence-corrected chi connectivity index (χ1v) is 7.19. The Morgan fingerprint density at radius 2 is 2.19 bits per heavy atom. The Hall–Kier alpha value is -2.20. The molecule has 0 bridgehead atoms. The van der Waals surface area contributed by atoms with Gasteiger partial charge in [0.15, 0.2) is 0 Å². The number of nitrogens with zero attached hydrogens (tertiary/aromatic N) is 2. The van der Waals surface area contributed by atoms with Gasteiger partial charge in [-0.25, -0.2) is 4.79 Å². The Kier molecular flexibility index (Phi) is 3.97. The van der Waals surface area contributed by atoms with E-state index in [4.69, 9.17) is 0 Å². The average molecular weight is 282 g/mol. The molecule has 2 aromatic rings. The first kappa shape index (κ1) is 13.8. The van der Waals surface area contributed by atoms with Gasteiger partial charge >= 0.3 is 5.97 Å². The molecule has 1 aliphatic heterocycles. The number of aromatic carboxylic acids is 1. The topological polar surface area (TPSA) is 53.4 Å². The van der Waals surface area contributed by atoms with E-state index >= 15 is 0 Å². The fraction of sp³-hybridized carbons (Fsp3) is 0.294. The molecule has 0 atom stereocenters. The minimum Gasteiger partial charge on any atom is -0.478 e. The molecule has 4 heteroatoms. The van der Waals surface area contributed by atoms with Crippen LogP contribution in [0.1, 0.15) is 27.0 Å². The number of aromatic nitrogens is 1. The van der Waals surface area contributed by atoms with Crippen molar-refractivity contribution in [3.8, 4) is 0 Å². The fourth-order valence-electron chi connectivity index (χ4n) is 2.89. The highest BCUT2D eigenvalue weighted by atomic mass is 16.4. The summed E-state index contributed by atoms with van der Waals surface area (Å²) in [7, 11) is 0. The molecule has 21 heavy (non-hydrogen) atoms. The zero-order valence-corrected chi connectivity index (χ0v) is 11.8. The Bertz CT molecular complexity index is 640. The molecule has 0 aliphatic carbocycles. The van der Waals surface area contributed by atoms with Gasteiger partial charge in [0.05, 0.1) is 5.56 Å². The van der Waals surface area contributed by atoms with Crippen molar-refractivity contribution in [2.75, 3.05) is 13.1 Å². The summed E-state index contributed by atoms with van der Waals surface area (Å²) < 4.78 is 0. The minimum absolute atomic E-state index is 0.458. The van der Waals surface area contributed by atoms with Crippen molar-refractivity contribution in [2.45, 2.75) is 19.4 Å². The summed E-state index contributed by atoms with van der Waals surface area (Å²) >= 11 is 0. The molecule has 3 rings (SSSR count). The maximum atomic E-state index is 11.2. The van der Waals surface area contributed by atoms with E-state index in [2.05, 4.69) is 16.0 Å². The monoisotopic (exact) mass is 282 g/mol. The lowest BCUT2D eigenvalue weighted by atomic mass is 9.94. The maximum Gasteiger partial charge on any atom is 0.335 e. The third kappa shape index (κ3) is 3.11. The first-order chi connectivity index (χ1) is 10.2. The second kappa shape index (κ2) is 6.06. The lowest BCUT2D eigenvalue weighted by molar-refractivity contribution is 0.0694.